The first kappa shape index (κ1) is 19.4. The number of carboxylic acid groups (broad SMARTS) is 1. The molecule has 1 aliphatic carbocycles. The first-order chi connectivity index (χ1) is 14.4. The van der Waals surface area contributed by atoms with E-state index in [9.17, 15) is 24.2 Å². The Kier molecular flexibility index (Phi) is 5.10. The van der Waals surface area contributed by atoms with Crippen LogP contribution in [0.15, 0.2) is 66.7 Å². The number of aliphatic carboxylic acids is 1. The predicted molar refractivity (Wildman–Crippen MR) is 107 cm³/mol. The Balaban J connectivity index is 1.50. The molecular formula is C23H18FNO5. The summed E-state index contributed by atoms with van der Waals surface area (Å²) in [6.45, 7) is 0.0145. The zero-order valence-corrected chi connectivity index (χ0v) is 15.7. The average Bonchev–Trinajstić information content (AvgIpc) is 3.03. The lowest BCUT2D eigenvalue weighted by Crippen LogP contribution is -2.34. The molecule has 1 amide bonds. The van der Waals surface area contributed by atoms with Gasteiger partial charge in [0.05, 0.1) is 0 Å². The zero-order chi connectivity index (χ0) is 21.3. The van der Waals surface area contributed by atoms with E-state index in [0.717, 1.165) is 40.5 Å². The molecule has 1 aliphatic rings. The lowest BCUT2D eigenvalue weighted by atomic mass is 9.98. The van der Waals surface area contributed by atoms with Crippen LogP contribution in [-0.4, -0.2) is 28.9 Å². The highest BCUT2D eigenvalue weighted by atomic mass is 19.1. The molecule has 3 aromatic carbocycles. The summed E-state index contributed by atoms with van der Waals surface area (Å²) in [5, 5.41) is 21.2. The molecule has 7 heteroatoms. The Morgan fingerprint density at radius 3 is 2.17 bits per heavy atom. The SMILES string of the molecule is O=C(NC(C(=O)O)c1cc(O)cc(F)c1)OCC1c2ccccc2-c2ccccc21. The highest BCUT2D eigenvalue weighted by Crippen LogP contribution is 2.44. The number of ether oxygens (including phenoxy) is 1. The molecule has 0 saturated heterocycles. The summed E-state index contributed by atoms with van der Waals surface area (Å²) in [6, 6.07) is 16.9. The molecule has 0 aliphatic heterocycles. The van der Waals surface area contributed by atoms with E-state index in [2.05, 4.69) is 5.32 Å². The van der Waals surface area contributed by atoms with Crippen molar-refractivity contribution in [3.63, 3.8) is 0 Å². The Morgan fingerprint density at radius 1 is 1.00 bits per heavy atom. The van der Waals surface area contributed by atoms with Gasteiger partial charge in [0.15, 0.2) is 6.04 Å². The van der Waals surface area contributed by atoms with Crippen LogP contribution in [0.1, 0.15) is 28.7 Å². The normalized spacial score (nSPS) is 13.2. The largest absolute Gasteiger partial charge is 0.508 e. The van der Waals surface area contributed by atoms with E-state index in [-0.39, 0.29) is 18.1 Å². The van der Waals surface area contributed by atoms with Crippen LogP contribution in [0.5, 0.6) is 5.75 Å². The van der Waals surface area contributed by atoms with Crippen LogP contribution < -0.4 is 5.32 Å². The molecule has 3 aromatic rings. The zero-order valence-electron chi connectivity index (χ0n) is 15.7. The van der Waals surface area contributed by atoms with Crippen LogP contribution in [0.2, 0.25) is 0 Å². The number of hydrogen-bond donors (Lipinski definition) is 3. The second kappa shape index (κ2) is 7.87. The summed E-state index contributed by atoms with van der Waals surface area (Å²) >= 11 is 0. The number of phenols is 1. The van der Waals surface area contributed by atoms with Gasteiger partial charge in [0.25, 0.3) is 0 Å². The highest BCUT2D eigenvalue weighted by molar-refractivity contribution is 5.82. The van der Waals surface area contributed by atoms with Gasteiger partial charge >= 0.3 is 12.1 Å². The molecule has 1 atom stereocenters. The van der Waals surface area contributed by atoms with Gasteiger partial charge in [-0.05, 0) is 39.9 Å². The fourth-order valence-electron chi connectivity index (χ4n) is 3.81. The van der Waals surface area contributed by atoms with Crippen molar-refractivity contribution in [3.05, 3.63) is 89.2 Å². The van der Waals surface area contributed by atoms with E-state index in [0.29, 0.717) is 0 Å². The molecule has 0 heterocycles. The molecule has 0 fully saturated rings. The van der Waals surface area contributed by atoms with E-state index in [1.165, 1.54) is 0 Å². The number of fused-ring (bicyclic) bond motifs is 3. The van der Waals surface area contributed by atoms with Gasteiger partial charge in [0.2, 0.25) is 0 Å². The number of nitrogens with one attached hydrogen (secondary N) is 1. The number of rotatable bonds is 5. The molecule has 6 nitrogen and oxygen atoms in total. The van der Waals surface area contributed by atoms with Crippen molar-refractivity contribution in [3.8, 4) is 16.9 Å². The van der Waals surface area contributed by atoms with Crippen molar-refractivity contribution in [2.45, 2.75) is 12.0 Å². The Labute approximate surface area is 171 Å². The number of phenolic OH excluding ortho intramolecular Hbond substituents is 1. The van der Waals surface area contributed by atoms with E-state index in [1.54, 1.807) is 0 Å². The number of halogens is 1. The molecule has 1 unspecified atom stereocenters. The van der Waals surface area contributed by atoms with Gasteiger partial charge in [-0.1, -0.05) is 48.5 Å². The lowest BCUT2D eigenvalue weighted by Gasteiger charge is -2.18. The van der Waals surface area contributed by atoms with Gasteiger partial charge in [0.1, 0.15) is 18.2 Å². The number of hydrogen-bond acceptors (Lipinski definition) is 4. The van der Waals surface area contributed by atoms with Crippen molar-refractivity contribution in [1.82, 2.24) is 5.32 Å². The van der Waals surface area contributed by atoms with Crippen LogP contribution in [-0.2, 0) is 9.53 Å². The van der Waals surface area contributed by atoms with Crippen LogP contribution >= 0.6 is 0 Å². The maximum atomic E-state index is 13.5. The number of carbonyl (C=O) groups excluding carboxylic acids is 1. The average molecular weight is 407 g/mol. The third kappa shape index (κ3) is 3.69. The quantitative estimate of drug-likeness (QED) is 0.589. The van der Waals surface area contributed by atoms with Gasteiger partial charge in [0, 0.05) is 12.0 Å². The molecule has 152 valence electrons. The van der Waals surface area contributed by atoms with Crippen molar-refractivity contribution in [2.75, 3.05) is 6.61 Å². The first-order valence-corrected chi connectivity index (χ1v) is 9.28. The topological polar surface area (TPSA) is 95.9 Å². The molecule has 4 rings (SSSR count). The molecule has 0 radical (unpaired) electrons. The Morgan fingerprint density at radius 2 is 1.60 bits per heavy atom. The van der Waals surface area contributed by atoms with E-state index in [1.807, 2.05) is 48.5 Å². The molecule has 3 N–H and O–H groups in total. The number of aromatic hydroxyl groups is 1. The summed E-state index contributed by atoms with van der Waals surface area (Å²) in [4.78, 5) is 23.9. The summed E-state index contributed by atoms with van der Waals surface area (Å²) in [6.07, 6.45) is -0.951. The minimum atomic E-state index is -1.57. The van der Waals surface area contributed by atoms with Crippen molar-refractivity contribution in [2.24, 2.45) is 0 Å². The number of carbonyl (C=O) groups is 2. The highest BCUT2D eigenvalue weighted by Gasteiger charge is 2.30. The minimum absolute atomic E-state index is 0.0145. The first-order valence-electron chi connectivity index (χ1n) is 9.28. The molecule has 0 spiro atoms. The number of carboxylic acids is 1. The summed E-state index contributed by atoms with van der Waals surface area (Å²) in [5.41, 5.74) is 4.09. The summed E-state index contributed by atoms with van der Waals surface area (Å²) in [7, 11) is 0. The smallest absolute Gasteiger partial charge is 0.408 e. The Hall–Kier alpha value is -3.87. The number of benzene rings is 3. The monoisotopic (exact) mass is 407 g/mol. The van der Waals surface area contributed by atoms with Gasteiger partial charge in [-0.3, -0.25) is 0 Å². The van der Waals surface area contributed by atoms with Gasteiger partial charge in [-0.2, -0.15) is 0 Å². The van der Waals surface area contributed by atoms with Gasteiger partial charge < -0.3 is 20.3 Å². The third-order valence-electron chi connectivity index (χ3n) is 5.09. The summed E-state index contributed by atoms with van der Waals surface area (Å²) in [5.74, 6) is -2.84. The second-order valence-corrected chi connectivity index (χ2v) is 6.98. The fraction of sp³-hybridized carbons (Fsp3) is 0.130. The number of amides is 1. The number of alkyl carbamates (subject to hydrolysis) is 1. The van der Waals surface area contributed by atoms with Crippen LogP contribution in [0.4, 0.5) is 9.18 Å². The van der Waals surface area contributed by atoms with Crippen molar-refractivity contribution < 1.29 is 28.9 Å². The van der Waals surface area contributed by atoms with Crippen LogP contribution in [0.25, 0.3) is 11.1 Å². The van der Waals surface area contributed by atoms with Gasteiger partial charge in [-0.15, -0.1) is 0 Å². The third-order valence-corrected chi connectivity index (χ3v) is 5.09. The van der Waals surface area contributed by atoms with Crippen LogP contribution in [0.3, 0.4) is 0 Å². The fourth-order valence-corrected chi connectivity index (χ4v) is 3.81. The summed E-state index contributed by atoms with van der Waals surface area (Å²) < 4.78 is 18.9. The predicted octanol–water partition coefficient (Wildman–Crippen LogP) is 4.20. The molecule has 0 bridgehead atoms. The molecule has 30 heavy (non-hydrogen) atoms. The Bertz CT molecular complexity index is 1060. The molecular weight excluding hydrogens is 389 g/mol. The lowest BCUT2D eigenvalue weighted by molar-refractivity contribution is -0.139. The molecule has 0 saturated carbocycles. The van der Waals surface area contributed by atoms with E-state index in [4.69, 9.17) is 4.74 Å². The minimum Gasteiger partial charge on any atom is -0.508 e. The molecule has 0 aromatic heterocycles. The maximum absolute atomic E-state index is 13.5. The van der Waals surface area contributed by atoms with E-state index >= 15 is 0 Å². The van der Waals surface area contributed by atoms with E-state index < -0.39 is 29.7 Å². The van der Waals surface area contributed by atoms with Crippen molar-refractivity contribution in [1.29, 1.82) is 0 Å². The second-order valence-electron chi connectivity index (χ2n) is 6.98. The van der Waals surface area contributed by atoms with Gasteiger partial charge in [-0.25, -0.2) is 14.0 Å². The standard InChI is InChI=1S/C23H18FNO5/c24-14-9-13(10-15(26)11-14)21(22(27)28)25-23(29)30-12-20-18-7-3-1-5-16(18)17-6-2-4-8-19(17)20/h1-11,20-21,26H,12H2,(H,25,29)(H,27,28). The maximum Gasteiger partial charge on any atom is 0.408 e. The van der Waals surface area contributed by atoms with Crippen molar-refractivity contribution >= 4 is 12.1 Å². The van der Waals surface area contributed by atoms with Crippen LogP contribution in [0, 0.1) is 5.82 Å².